The van der Waals surface area contributed by atoms with E-state index in [9.17, 15) is 26.3 Å². The Bertz CT molecular complexity index is 760. The first-order valence-electron chi connectivity index (χ1n) is 6.39. The van der Waals surface area contributed by atoms with Gasteiger partial charge < -0.3 is 4.74 Å². The number of hydrogen-bond donors (Lipinski definition) is 0. The largest absolute Gasteiger partial charge is 0.573 e. The van der Waals surface area contributed by atoms with Crippen LogP contribution in [0.25, 0.3) is 11.1 Å². The molecule has 0 N–H and O–H groups in total. The topological polar surface area (TPSA) is 45.9 Å². The molecule has 1 heterocycles. The van der Waals surface area contributed by atoms with Crippen molar-refractivity contribution in [2.75, 3.05) is 0 Å². The van der Waals surface area contributed by atoms with E-state index in [1.165, 1.54) is 12.1 Å². The molecule has 1 aromatic heterocycles. The van der Waals surface area contributed by atoms with Crippen LogP contribution in [-0.2, 0) is 12.6 Å². The molecule has 0 aliphatic rings. The molecular formula is C15H8F6N2O. The van der Waals surface area contributed by atoms with Gasteiger partial charge in [-0.15, -0.1) is 13.2 Å². The van der Waals surface area contributed by atoms with E-state index in [1.54, 1.807) is 6.07 Å². The second-order valence-corrected chi connectivity index (χ2v) is 4.62. The lowest BCUT2D eigenvalue weighted by Crippen LogP contribution is -2.16. The van der Waals surface area contributed by atoms with E-state index in [-0.39, 0.29) is 11.1 Å². The van der Waals surface area contributed by atoms with Crippen molar-refractivity contribution in [2.45, 2.75) is 19.0 Å². The molecule has 2 rings (SSSR count). The van der Waals surface area contributed by atoms with Crippen molar-refractivity contribution in [3.8, 4) is 22.9 Å². The van der Waals surface area contributed by atoms with E-state index in [4.69, 9.17) is 5.26 Å². The van der Waals surface area contributed by atoms with Crippen LogP contribution in [0.1, 0.15) is 11.3 Å². The quantitative estimate of drug-likeness (QED) is 0.755. The summed E-state index contributed by atoms with van der Waals surface area (Å²) < 4.78 is 79.0. The summed E-state index contributed by atoms with van der Waals surface area (Å²) in [6.07, 6.45) is -8.94. The van der Waals surface area contributed by atoms with E-state index in [1.807, 2.05) is 0 Å². The van der Waals surface area contributed by atoms with E-state index >= 15 is 0 Å². The molecular weight excluding hydrogens is 338 g/mol. The van der Waals surface area contributed by atoms with Crippen LogP contribution >= 0.6 is 0 Å². The summed E-state index contributed by atoms with van der Waals surface area (Å²) >= 11 is 0. The number of pyridine rings is 1. The molecule has 3 nitrogen and oxygen atoms in total. The minimum absolute atomic E-state index is 0.0579. The molecule has 0 unspecified atom stereocenters. The zero-order valence-electron chi connectivity index (χ0n) is 11.7. The van der Waals surface area contributed by atoms with Crippen molar-refractivity contribution < 1.29 is 31.1 Å². The Labute approximate surface area is 132 Å². The molecule has 0 saturated heterocycles. The third-order valence-electron chi connectivity index (χ3n) is 2.94. The maximum atomic E-state index is 13.0. The summed E-state index contributed by atoms with van der Waals surface area (Å²) in [5.41, 5.74) is -1.18. The lowest BCUT2D eigenvalue weighted by molar-refractivity contribution is -0.274. The number of aromatic nitrogens is 1. The summed E-state index contributed by atoms with van der Waals surface area (Å²) in [6, 6.07) is 6.74. The van der Waals surface area contributed by atoms with Crippen LogP contribution in [0.5, 0.6) is 5.75 Å². The number of alkyl halides is 6. The normalized spacial score (nSPS) is 11.9. The summed E-state index contributed by atoms with van der Waals surface area (Å²) in [5.74, 6) is -0.489. The van der Waals surface area contributed by atoms with E-state index in [0.717, 1.165) is 24.4 Å². The number of halogens is 6. The summed E-state index contributed by atoms with van der Waals surface area (Å²) in [6.45, 7) is 0. The number of benzene rings is 1. The molecule has 9 heteroatoms. The molecule has 126 valence electrons. The number of hydrogen-bond acceptors (Lipinski definition) is 3. The Kier molecular flexibility index (Phi) is 4.68. The molecule has 1 aromatic carbocycles. The van der Waals surface area contributed by atoms with Gasteiger partial charge in [0.2, 0.25) is 0 Å². The molecule has 0 atom stereocenters. The SMILES string of the molecule is N#CCc1ncc(-c2ccc(OC(F)(F)F)cc2)cc1C(F)(F)F. The van der Waals surface area contributed by atoms with Crippen LogP contribution in [0.2, 0.25) is 0 Å². The van der Waals surface area contributed by atoms with Crippen LogP contribution in [0.15, 0.2) is 36.5 Å². The van der Waals surface area contributed by atoms with Gasteiger partial charge in [-0.25, -0.2) is 0 Å². The van der Waals surface area contributed by atoms with Crippen LogP contribution in [-0.4, -0.2) is 11.3 Å². The van der Waals surface area contributed by atoms with Crippen molar-refractivity contribution in [2.24, 2.45) is 0 Å². The third-order valence-corrected chi connectivity index (χ3v) is 2.94. The van der Waals surface area contributed by atoms with Gasteiger partial charge in [-0.05, 0) is 23.8 Å². The van der Waals surface area contributed by atoms with Gasteiger partial charge >= 0.3 is 12.5 Å². The highest BCUT2D eigenvalue weighted by molar-refractivity contribution is 5.64. The summed E-state index contributed by atoms with van der Waals surface area (Å²) in [5, 5.41) is 8.56. The van der Waals surface area contributed by atoms with E-state index < -0.39 is 36.0 Å². The van der Waals surface area contributed by atoms with Crippen molar-refractivity contribution >= 4 is 0 Å². The second-order valence-electron chi connectivity index (χ2n) is 4.62. The van der Waals surface area contributed by atoms with Crippen molar-refractivity contribution in [1.29, 1.82) is 5.26 Å². The Morgan fingerprint density at radius 2 is 1.62 bits per heavy atom. The summed E-state index contributed by atoms with van der Waals surface area (Å²) in [7, 11) is 0. The maximum absolute atomic E-state index is 13.0. The Morgan fingerprint density at radius 3 is 2.12 bits per heavy atom. The fourth-order valence-corrected chi connectivity index (χ4v) is 1.96. The number of rotatable bonds is 3. The molecule has 2 aromatic rings. The fourth-order valence-electron chi connectivity index (χ4n) is 1.96. The number of nitrogens with zero attached hydrogens (tertiary/aromatic N) is 2. The fraction of sp³-hybridized carbons (Fsp3) is 0.200. The highest BCUT2D eigenvalue weighted by Crippen LogP contribution is 2.34. The Morgan fingerprint density at radius 1 is 1.00 bits per heavy atom. The highest BCUT2D eigenvalue weighted by atomic mass is 19.4. The predicted molar refractivity (Wildman–Crippen MR) is 70.7 cm³/mol. The minimum Gasteiger partial charge on any atom is -0.406 e. The van der Waals surface area contributed by atoms with Crippen LogP contribution in [0.3, 0.4) is 0 Å². The van der Waals surface area contributed by atoms with E-state index in [0.29, 0.717) is 0 Å². The minimum atomic E-state index is -4.86. The van der Waals surface area contributed by atoms with Gasteiger partial charge in [0.15, 0.2) is 0 Å². The zero-order valence-corrected chi connectivity index (χ0v) is 11.7. The van der Waals surface area contributed by atoms with Gasteiger partial charge in [0.1, 0.15) is 5.75 Å². The Hall–Kier alpha value is -2.76. The smallest absolute Gasteiger partial charge is 0.406 e. The highest BCUT2D eigenvalue weighted by Gasteiger charge is 2.34. The van der Waals surface area contributed by atoms with Crippen molar-refractivity contribution in [3.05, 3.63) is 47.8 Å². The molecule has 0 amide bonds. The second kappa shape index (κ2) is 6.39. The molecule has 0 spiro atoms. The monoisotopic (exact) mass is 346 g/mol. The molecule has 0 fully saturated rings. The van der Waals surface area contributed by atoms with Gasteiger partial charge in [-0.1, -0.05) is 12.1 Å². The van der Waals surface area contributed by atoms with Gasteiger partial charge in [-0.2, -0.15) is 18.4 Å². The molecule has 0 aliphatic carbocycles. The first-order valence-corrected chi connectivity index (χ1v) is 6.39. The van der Waals surface area contributed by atoms with Gasteiger partial charge in [0.05, 0.1) is 23.7 Å². The molecule has 0 radical (unpaired) electrons. The average Bonchev–Trinajstić information content (AvgIpc) is 2.46. The first-order chi connectivity index (χ1) is 11.1. The number of ether oxygens (including phenoxy) is 1. The van der Waals surface area contributed by atoms with Crippen LogP contribution < -0.4 is 4.74 Å². The lowest BCUT2D eigenvalue weighted by Gasteiger charge is -2.13. The van der Waals surface area contributed by atoms with E-state index in [2.05, 4.69) is 9.72 Å². The Balaban J connectivity index is 2.37. The standard InChI is InChI=1S/C15H8F6N2O/c16-14(17,18)12-7-10(8-23-13(12)5-6-22)9-1-3-11(4-2-9)24-15(19,20)21/h1-4,7-8H,5H2. The molecule has 0 aliphatic heterocycles. The summed E-state index contributed by atoms with van der Waals surface area (Å²) in [4.78, 5) is 3.64. The number of nitriles is 1. The van der Waals surface area contributed by atoms with Crippen LogP contribution in [0.4, 0.5) is 26.3 Å². The molecule has 0 bridgehead atoms. The molecule has 0 saturated carbocycles. The van der Waals surface area contributed by atoms with Gasteiger partial charge in [0.25, 0.3) is 0 Å². The maximum Gasteiger partial charge on any atom is 0.573 e. The van der Waals surface area contributed by atoms with Crippen molar-refractivity contribution in [1.82, 2.24) is 4.98 Å². The van der Waals surface area contributed by atoms with Crippen molar-refractivity contribution in [3.63, 3.8) is 0 Å². The van der Waals surface area contributed by atoms with Crippen LogP contribution in [0, 0.1) is 11.3 Å². The third kappa shape index (κ3) is 4.38. The van der Waals surface area contributed by atoms with Gasteiger partial charge in [-0.3, -0.25) is 4.98 Å². The lowest BCUT2D eigenvalue weighted by atomic mass is 10.0. The first kappa shape index (κ1) is 17.6. The van der Waals surface area contributed by atoms with Gasteiger partial charge in [0, 0.05) is 11.8 Å². The zero-order chi connectivity index (χ0) is 18.0. The predicted octanol–water partition coefficient (Wildman–Crippen LogP) is 4.73. The average molecular weight is 346 g/mol. The molecule has 24 heavy (non-hydrogen) atoms.